The van der Waals surface area contributed by atoms with E-state index < -0.39 is 17.7 Å². The van der Waals surface area contributed by atoms with Crippen molar-refractivity contribution in [2.45, 2.75) is 6.92 Å². The Morgan fingerprint density at radius 1 is 1.19 bits per heavy atom. The SMILES string of the molecule is Cc1cc(F)c(Br)cc1NC(=O)c1cccc(C(=O)O)c1. The van der Waals surface area contributed by atoms with Crippen LogP contribution in [0, 0.1) is 12.7 Å². The van der Waals surface area contributed by atoms with Crippen molar-refractivity contribution >= 4 is 33.5 Å². The fraction of sp³-hybridized carbons (Fsp3) is 0.0667. The van der Waals surface area contributed by atoms with Gasteiger partial charge in [0, 0.05) is 11.3 Å². The molecule has 0 fully saturated rings. The minimum atomic E-state index is -1.11. The average Bonchev–Trinajstić information content (AvgIpc) is 2.44. The lowest BCUT2D eigenvalue weighted by Crippen LogP contribution is -2.13. The van der Waals surface area contributed by atoms with Crippen LogP contribution in [-0.2, 0) is 0 Å². The maximum absolute atomic E-state index is 13.3. The Labute approximate surface area is 128 Å². The molecule has 2 N–H and O–H groups in total. The molecule has 2 rings (SSSR count). The first-order chi connectivity index (χ1) is 9.88. The standard InChI is InChI=1S/C15H11BrFNO3/c1-8-5-12(17)11(16)7-13(8)18-14(19)9-3-2-4-10(6-9)15(20)21/h2-7H,1H3,(H,18,19)(H,20,21). The first kappa shape index (κ1) is 15.2. The molecule has 0 aromatic heterocycles. The Bertz CT molecular complexity index is 731. The molecule has 0 heterocycles. The summed E-state index contributed by atoms with van der Waals surface area (Å²) in [4.78, 5) is 23.0. The topological polar surface area (TPSA) is 66.4 Å². The van der Waals surface area contributed by atoms with Crippen molar-refractivity contribution in [2.75, 3.05) is 5.32 Å². The van der Waals surface area contributed by atoms with Gasteiger partial charge in [-0.15, -0.1) is 0 Å². The molecule has 0 aliphatic heterocycles. The maximum atomic E-state index is 13.3. The number of hydrogen-bond donors (Lipinski definition) is 2. The number of halogens is 2. The van der Waals surface area contributed by atoms with Gasteiger partial charge < -0.3 is 10.4 Å². The number of carbonyl (C=O) groups excluding carboxylic acids is 1. The molecule has 0 bridgehead atoms. The van der Waals surface area contributed by atoms with Gasteiger partial charge in [-0.2, -0.15) is 0 Å². The number of aryl methyl sites for hydroxylation is 1. The van der Waals surface area contributed by atoms with E-state index in [1.54, 1.807) is 6.92 Å². The molecule has 21 heavy (non-hydrogen) atoms. The second-order valence-electron chi connectivity index (χ2n) is 4.42. The average molecular weight is 352 g/mol. The summed E-state index contributed by atoms with van der Waals surface area (Å²) >= 11 is 3.05. The Balaban J connectivity index is 2.28. The van der Waals surface area contributed by atoms with E-state index in [1.165, 1.54) is 36.4 Å². The zero-order valence-corrected chi connectivity index (χ0v) is 12.6. The molecule has 0 aliphatic rings. The molecule has 0 radical (unpaired) electrons. The minimum absolute atomic E-state index is 0.0275. The van der Waals surface area contributed by atoms with Crippen molar-refractivity contribution in [1.82, 2.24) is 0 Å². The second kappa shape index (κ2) is 6.05. The highest BCUT2D eigenvalue weighted by molar-refractivity contribution is 9.10. The second-order valence-corrected chi connectivity index (χ2v) is 5.28. The van der Waals surface area contributed by atoms with Crippen LogP contribution in [0.25, 0.3) is 0 Å². The molecule has 0 atom stereocenters. The van der Waals surface area contributed by atoms with Crippen LogP contribution in [0.15, 0.2) is 40.9 Å². The van der Waals surface area contributed by atoms with Gasteiger partial charge in [0.05, 0.1) is 10.0 Å². The van der Waals surface area contributed by atoms with Gasteiger partial charge in [0.2, 0.25) is 0 Å². The lowest BCUT2D eigenvalue weighted by atomic mass is 10.1. The van der Waals surface area contributed by atoms with Crippen LogP contribution < -0.4 is 5.32 Å². The van der Waals surface area contributed by atoms with E-state index in [2.05, 4.69) is 21.2 Å². The zero-order chi connectivity index (χ0) is 15.6. The van der Waals surface area contributed by atoms with Gasteiger partial charge >= 0.3 is 5.97 Å². The summed E-state index contributed by atoms with van der Waals surface area (Å²) in [7, 11) is 0. The largest absolute Gasteiger partial charge is 0.478 e. The predicted octanol–water partition coefficient (Wildman–Crippen LogP) is 3.85. The highest BCUT2D eigenvalue weighted by Gasteiger charge is 2.12. The van der Waals surface area contributed by atoms with Crippen molar-refractivity contribution in [1.29, 1.82) is 0 Å². The number of carboxylic acids is 1. The van der Waals surface area contributed by atoms with Crippen LogP contribution in [0.5, 0.6) is 0 Å². The van der Waals surface area contributed by atoms with Crippen molar-refractivity contribution < 1.29 is 19.1 Å². The molecule has 0 saturated heterocycles. The lowest BCUT2D eigenvalue weighted by molar-refractivity contribution is 0.0697. The number of benzene rings is 2. The van der Waals surface area contributed by atoms with E-state index in [4.69, 9.17) is 5.11 Å². The third kappa shape index (κ3) is 3.46. The van der Waals surface area contributed by atoms with Crippen LogP contribution in [0.4, 0.5) is 10.1 Å². The summed E-state index contributed by atoms with van der Waals surface area (Å²) in [6.07, 6.45) is 0. The summed E-state index contributed by atoms with van der Waals surface area (Å²) in [6, 6.07) is 8.45. The van der Waals surface area contributed by atoms with Crippen LogP contribution in [0.3, 0.4) is 0 Å². The van der Waals surface area contributed by atoms with Crippen LogP contribution in [-0.4, -0.2) is 17.0 Å². The highest BCUT2D eigenvalue weighted by Crippen LogP contribution is 2.24. The fourth-order valence-corrected chi connectivity index (χ4v) is 2.11. The summed E-state index contributed by atoms with van der Waals surface area (Å²) in [6.45, 7) is 1.67. The number of amides is 1. The summed E-state index contributed by atoms with van der Waals surface area (Å²) < 4.78 is 13.6. The van der Waals surface area contributed by atoms with Gasteiger partial charge in [-0.25, -0.2) is 9.18 Å². The predicted molar refractivity (Wildman–Crippen MR) is 80.2 cm³/mol. The highest BCUT2D eigenvalue weighted by atomic mass is 79.9. The molecule has 108 valence electrons. The van der Waals surface area contributed by atoms with E-state index in [9.17, 15) is 14.0 Å². The summed E-state index contributed by atoms with van der Waals surface area (Å²) in [5.41, 5.74) is 1.27. The van der Waals surface area contributed by atoms with E-state index in [0.29, 0.717) is 11.3 Å². The van der Waals surface area contributed by atoms with E-state index in [0.717, 1.165) is 0 Å². The van der Waals surface area contributed by atoms with Gasteiger partial charge in [-0.05, 0) is 58.7 Å². The van der Waals surface area contributed by atoms with E-state index in [-0.39, 0.29) is 15.6 Å². The van der Waals surface area contributed by atoms with Crippen molar-refractivity contribution in [2.24, 2.45) is 0 Å². The van der Waals surface area contributed by atoms with Crippen molar-refractivity contribution in [3.8, 4) is 0 Å². The molecule has 2 aromatic carbocycles. The third-order valence-corrected chi connectivity index (χ3v) is 3.49. The molecule has 0 aliphatic carbocycles. The van der Waals surface area contributed by atoms with Crippen LogP contribution >= 0.6 is 15.9 Å². The van der Waals surface area contributed by atoms with Gasteiger partial charge in [0.1, 0.15) is 5.82 Å². The number of carbonyl (C=O) groups is 2. The number of nitrogens with one attached hydrogen (secondary N) is 1. The van der Waals surface area contributed by atoms with Gasteiger partial charge in [-0.3, -0.25) is 4.79 Å². The monoisotopic (exact) mass is 351 g/mol. The molecule has 0 spiro atoms. The van der Waals surface area contributed by atoms with Crippen LogP contribution in [0.1, 0.15) is 26.3 Å². The molecule has 6 heteroatoms. The third-order valence-electron chi connectivity index (χ3n) is 2.89. The molecule has 2 aromatic rings. The Hall–Kier alpha value is -2.21. The molecule has 0 unspecified atom stereocenters. The Morgan fingerprint density at radius 3 is 2.52 bits per heavy atom. The molecular weight excluding hydrogens is 341 g/mol. The molecule has 0 saturated carbocycles. The molecular formula is C15H11BrFNO3. The fourth-order valence-electron chi connectivity index (χ4n) is 1.77. The number of carboxylic acid groups (broad SMARTS) is 1. The van der Waals surface area contributed by atoms with Gasteiger partial charge in [0.25, 0.3) is 5.91 Å². The minimum Gasteiger partial charge on any atom is -0.478 e. The maximum Gasteiger partial charge on any atom is 0.335 e. The van der Waals surface area contributed by atoms with E-state index in [1.807, 2.05) is 0 Å². The van der Waals surface area contributed by atoms with Gasteiger partial charge in [-0.1, -0.05) is 6.07 Å². The van der Waals surface area contributed by atoms with Crippen LogP contribution in [0.2, 0.25) is 0 Å². The molecule has 1 amide bonds. The molecule has 4 nitrogen and oxygen atoms in total. The van der Waals surface area contributed by atoms with Crippen molar-refractivity contribution in [3.63, 3.8) is 0 Å². The Morgan fingerprint density at radius 2 is 1.86 bits per heavy atom. The van der Waals surface area contributed by atoms with Crippen molar-refractivity contribution in [3.05, 3.63) is 63.4 Å². The number of anilines is 1. The smallest absolute Gasteiger partial charge is 0.335 e. The first-order valence-corrected chi connectivity index (χ1v) is 6.78. The first-order valence-electron chi connectivity index (χ1n) is 5.99. The summed E-state index contributed by atoms with van der Waals surface area (Å²) in [5, 5.41) is 11.5. The Kier molecular flexibility index (Phi) is 4.37. The summed E-state index contributed by atoms with van der Waals surface area (Å²) in [5.74, 6) is -1.98. The number of hydrogen-bond acceptors (Lipinski definition) is 2. The van der Waals surface area contributed by atoms with E-state index >= 15 is 0 Å². The quantitative estimate of drug-likeness (QED) is 0.882. The lowest BCUT2D eigenvalue weighted by Gasteiger charge is -2.10. The normalized spacial score (nSPS) is 10.2. The van der Waals surface area contributed by atoms with Gasteiger partial charge in [0.15, 0.2) is 0 Å². The number of rotatable bonds is 3. The number of aromatic carboxylic acids is 1. The zero-order valence-electron chi connectivity index (χ0n) is 11.0.